The van der Waals surface area contributed by atoms with Gasteiger partial charge >= 0.3 is 0 Å². The maximum Gasteiger partial charge on any atom is 0.0710 e. The molecule has 0 heterocycles. The molecule has 0 aliphatic rings. The first-order valence-electron chi connectivity index (χ1n) is 2.57. The molecule has 0 amide bonds. The van der Waals surface area contributed by atoms with E-state index in [1.54, 1.807) is 11.9 Å². The summed E-state index contributed by atoms with van der Waals surface area (Å²) in [7, 11) is 3.97. The van der Waals surface area contributed by atoms with Crippen LogP contribution in [0.3, 0.4) is 0 Å². The molecule has 50 valence electrons. The van der Waals surface area contributed by atoms with E-state index in [0.29, 0.717) is 0 Å². The van der Waals surface area contributed by atoms with Crippen molar-refractivity contribution in [1.29, 1.82) is 0 Å². The first kappa shape index (κ1) is 8.27. The Hall–Kier alpha value is 0.270. The largest absolute Gasteiger partial charge is 0.316 e. The Bertz CT molecular complexity index is 65.3. The van der Waals surface area contributed by atoms with Gasteiger partial charge in [0.2, 0.25) is 0 Å². The molecule has 0 atom stereocenters. The van der Waals surface area contributed by atoms with Gasteiger partial charge in [-0.2, -0.15) is 0 Å². The highest BCUT2D eigenvalue weighted by atomic mass is 32.2. The van der Waals surface area contributed by atoms with Crippen LogP contribution in [-0.4, -0.2) is 23.3 Å². The lowest BCUT2D eigenvalue weighted by Crippen LogP contribution is -2.30. The minimum Gasteiger partial charge on any atom is -0.316 e. The third-order valence-corrected chi connectivity index (χ3v) is 1.25. The van der Waals surface area contributed by atoms with Crippen LogP contribution in [0.5, 0.6) is 0 Å². The smallest absolute Gasteiger partial charge is 0.0710 e. The Morgan fingerprint density at radius 2 is 1.75 bits per heavy atom. The highest BCUT2D eigenvalue weighted by Crippen LogP contribution is 2.18. The molecule has 0 saturated heterocycles. The lowest BCUT2D eigenvalue weighted by Gasteiger charge is -2.21. The van der Waals surface area contributed by atoms with Gasteiger partial charge in [0.25, 0.3) is 0 Å². The molecule has 0 spiro atoms. The van der Waals surface area contributed by atoms with E-state index in [1.807, 2.05) is 32.2 Å². The van der Waals surface area contributed by atoms with E-state index in [-0.39, 0.29) is 4.87 Å². The summed E-state index contributed by atoms with van der Waals surface area (Å²) >= 11 is 1.62. The highest BCUT2D eigenvalue weighted by Gasteiger charge is 2.11. The number of hydrogen-bond acceptors (Lipinski definition) is 3. The standard InChI is InChI=1S/C5H14N2S/c1-5(2,6)8-7(3)4/h6H2,1-4H3. The lowest BCUT2D eigenvalue weighted by atomic mass is 10.4. The van der Waals surface area contributed by atoms with Crippen LogP contribution in [0.25, 0.3) is 0 Å². The first-order valence-corrected chi connectivity index (χ1v) is 3.34. The fraction of sp³-hybridized carbons (Fsp3) is 1.00. The van der Waals surface area contributed by atoms with E-state index in [4.69, 9.17) is 5.73 Å². The summed E-state index contributed by atoms with van der Waals surface area (Å²) in [6.45, 7) is 3.97. The molecule has 2 nitrogen and oxygen atoms in total. The Balaban J connectivity index is 3.39. The van der Waals surface area contributed by atoms with Crippen LogP contribution >= 0.6 is 11.9 Å². The molecule has 0 radical (unpaired) electrons. The van der Waals surface area contributed by atoms with Gasteiger partial charge in [-0.1, -0.05) is 11.9 Å². The minimum absolute atomic E-state index is 0.135. The zero-order chi connectivity index (χ0) is 6.78. The van der Waals surface area contributed by atoms with Crippen LogP contribution in [-0.2, 0) is 0 Å². The SMILES string of the molecule is CN(C)SC(C)(C)N. The molecule has 0 aromatic rings. The molecule has 0 aromatic carbocycles. The Morgan fingerprint density at radius 1 is 1.38 bits per heavy atom. The average molecular weight is 134 g/mol. The summed E-state index contributed by atoms with van der Waals surface area (Å²) in [4.78, 5) is -0.135. The third-order valence-electron chi connectivity index (χ3n) is 0.418. The molecule has 8 heavy (non-hydrogen) atoms. The summed E-state index contributed by atoms with van der Waals surface area (Å²) in [5.74, 6) is 0. The van der Waals surface area contributed by atoms with Gasteiger partial charge in [-0.15, -0.1) is 0 Å². The summed E-state index contributed by atoms with van der Waals surface area (Å²) in [5, 5.41) is 0. The molecular weight excluding hydrogens is 120 g/mol. The fourth-order valence-corrected chi connectivity index (χ4v) is 1.41. The van der Waals surface area contributed by atoms with Gasteiger partial charge in [0.1, 0.15) is 0 Å². The summed E-state index contributed by atoms with van der Waals surface area (Å²) < 4.78 is 2.00. The third kappa shape index (κ3) is 6.27. The van der Waals surface area contributed by atoms with Crippen LogP contribution < -0.4 is 5.73 Å². The average Bonchev–Trinajstić information content (AvgIpc) is 1.21. The molecule has 0 aliphatic heterocycles. The van der Waals surface area contributed by atoms with Crippen LogP contribution in [0.15, 0.2) is 0 Å². The van der Waals surface area contributed by atoms with E-state index < -0.39 is 0 Å². The Morgan fingerprint density at radius 3 is 1.75 bits per heavy atom. The van der Waals surface area contributed by atoms with Gasteiger partial charge < -0.3 is 5.73 Å². The Labute approximate surface area is 55.6 Å². The molecule has 0 bridgehead atoms. The number of nitrogens with zero attached hydrogens (tertiary/aromatic N) is 1. The lowest BCUT2D eigenvalue weighted by molar-refractivity contribution is 0.654. The maximum atomic E-state index is 5.66. The van der Waals surface area contributed by atoms with Gasteiger partial charge in [-0.3, -0.25) is 4.31 Å². The van der Waals surface area contributed by atoms with Crippen LogP contribution in [0.4, 0.5) is 0 Å². The van der Waals surface area contributed by atoms with Crippen molar-refractivity contribution in [2.75, 3.05) is 14.1 Å². The van der Waals surface area contributed by atoms with Crippen molar-refractivity contribution < 1.29 is 0 Å². The van der Waals surface area contributed by atoms with Crippen LogP contribution in [0, 0.1) is 0 Å². The number of hydrogen-bond donors (Lipinski definition) is 1. The number of nitrogens with two attached hydrogens (primary N) is 1. The topological polar surface area (TPSA) is 29.3 Å². The molecular formula is C5H14N2S. The normalized spacial score (nSPS) is 12.8. The van der Waals surface area contributed by atoms with Crippen molar-refractivity contribution >= 4 is 11.9 Å². The molecule has 0 unspecified atom stereocenters. The van der Waals surface area contributed by atoms with E-state index in [9.17, 15) is 0 Å². The van der Waals surface area contributed by atoms with Gasteiger partial charge in [0.05, 0.1) is 4.87 Å². The second kappa shape index (κ2) is 2.71. The predicted molar refractivity (Wildman–Crippen MR) is 39.5 cm³/mol. The van der Waals surface area contributed by atoms with Gasteiger partial charge in [-0.05, 0) is 27.9 Å². The second-order valence-corrected chi connectivity index (χ2v) is 4.47. The van der Waals surface area contributed by atoms with Crippen molar-refractivity contribution in [3.63, 3.8) is 0 Å². The summed E-state index contributed by atoms with van der Waals surface area (Å²) in [6, 6.07) is 0. The van der Waals surface area contributed by atoms with E-state index in [0.717, 1.165) is 0 Å². The van der Waals surface area contributed by atoms with Crippen LogP contribution in [0.1, 0.15) is 13.8 Å². The summed E-state index contributed by atoms with van der Waals surface area (Å²) in [6.07, 6.45) is 0. The van der Waals surface area contributed by atoms with E-state index in [2.05, 4.69) is 0 Å². The maximum absolute atomic E-state index is 5.66. The zero-order valence-corrected chi connectivity index (χ0v) is 6.75. The van der Waals surface area contributed by atoms with Gasteiger partial charge in [0.15, 0.2) is 0 Å². The second-order valence-electron chi connectivity index (χ2n) is 2.51. The van der Waals surface area contributed by atoms with E-state index >= 15 is 0 Å². The highest BCUT2D eigenvalue weighted by molar-refractivity contribution is 7.98. The van der Waals surface area contributed by atoms with Crippen molar-refractivity contribution in [3.05, 3.63) is 0 Å². The van der Waals surface area contributed by atoms with Crippen molar-refractivity contribution in [3.8, 4) is 0 Å². The molecule has 0 fully saturated rings. The van der Waals surface area contributed by atoms with E-state index in [1.165, 1.54) is 0 Å². The molecule has 0 saturated carbocycles. The molecule has 0 aliphatic carbocycles. The molecule has 3 heteroatoms. The number of rotatable bonds is 2. The quantitative estimate of drug-likeness (QED) is 0.449. The molecule has 2 N–H and O–H groups in total. The predicted octanol–water partition coefficient (Wildman–Crippen LogP) is 0.891. The van der Waals surface area contributed by atoms with Crippen LogP contribution in [0.2, 0.25) is 0 Å². The van der Waals surface area contributed by atoms with Gasteiger partial charge in [-0.25, -0.2) is 0 Å². The zero-order valence-electron chi connectivity index (χ0n) is 5.93. The first-order chi connectivity index (χ1) is 3.42. The van der Waals surface area contributed by atoms with Crippen molar-refractivity contribution in [2.24, 2.45) is 5.73 Å². The Kier molecular flexibility index (Phi) is 2.80. The monoisotopic (exact) mass is 134 g/mol. The fourth-order valence-electron chi connectivity index (χ4n) is 0.471. The molecule has 0 rings (SSSR count). The summed E-state index contributed by atoms with van der Waals surface area (Å²) in [5.41, 5.74) is 5.66. The van der Waals surface area contributed by atoms with Crippen molar-refractivity contribution in [1.82, 2.24) is 4.31 Å². The minimum atomic E-state index is -0.135. The van der Waals surface area contributed by atoms with Crippen molar-refractivity contribution in [2.45, 2.75) is 18.7 Å². The van der Waals surface area contributed by atoms with Gasteiger partial charge in [0, 0.05) is 0 Å². The molecule has 0 aromatic heterocycles.